The lowest BCUT2D eigenvalue weighted by molar-refractivity contribution is 0.0598. The van der Waals surface area contributed by atoms with Crippen molar-refractivity contribution in [2.75, 3.05) is 12.4 Å². The Labute approximate surface area is 146 Å². The van der Waals surface area contributed by atoms with Gasteiger partial charge >= 0.3 is 5.97 Å². The van der Waals surface area contributed by atoms with Gasteiger partial charge in [-0.3, -0.25) is 0 Å². The zero-order chi connectivity index (χ0) is 16.7. The second kappa shape index (κ2) is 5.99. The molecular formula is C20H18ClNO2. The van der Waals surface area contributed by atoms with Gasteiger partial charge in [-0.25, -0.2) is 4.79 Å². The van der Waals surface area contributed by atoms with E-state index in [4.69, 9.17) is 16.3 Å². The highest BCUT2D eigenvalue weighted by atomic mass is 35.5. The van der Waals surface area contributed by atoms with Crippen LogP contribution in [0.25, 0.3) is 0 Å². The number of halogens is 1. The molecule has 122 valence electrons. The molecule has 0 bridgehead atoms. The summed E-state index contributed by atoms with van der Waals surface area (Å²) in [4.78, 5) is 12.2. The molecule has 0 radical (unpaired) electrons. The Kier molecular flexibility index (Phi) is 3.81. The van der Waals surface area contributed by atoms with Crippen LogP contribution in [0.3, 0.4) is 0 Å². The number of fused-ring (bicyclic) bond motifs is 3. The van der Waals surface area contributed by atoms with Crippen LogP contribution >= 0.6 is 11.6 Å². The molecule has 1 N–H and O–H groups in total. The lowest BCUT2D eigenvalue weighted by atomic mass is 9.75. The summed E-state index contributed by atoms with van der Waals surface area (Å²) in [6, 6.07) is 14.1. The first kappa shape index (κ1) is 15.3. The number of ether oxygens (including phenoxy) is 1. The second-order valence-electron chi connectivity index (χ2n) is 6.26. The summed E-state index contributed by atoms with van der Waals surface area (Å²) in [5.41, 5.74) is 3.64. The van der Waals surface area contributed by atoms with Crippen molar-refractivity contribution in [3.8, 4) is 0 Å². The van der Waals surface area contributed by atoms with E-state index in [1.54, 1.807) is 12.1 Å². The molecule has 0 saturated heterocycles. The monoisotopic (exact) mass is 339 g/mol. The molecule has 2 aromatic rings. The van der Waals surface area contributed by atoms with Crippen molar-refractivity contribution in [3.05, 3.63) is 76.3 Å². The molecule has 0 aromatic heterocycles. The van der Waals surface area contributed by atoms with Gasteiger partial charge < -0.3 is 10.1 Å². The summed E-state index contributed by atoms with van der Waals surface area (Å²) in [7, 11) is 1.41. The van der Waals surface area contributed by atoms with Gasteiger partial charge in [-0.1, -0.05) is 54.1 Å². The Morgan fingerprint density at radius 3 is 2.75 bits per heavy atom. The van der Waals surface area contributed by atoms with Gasteiger partial charge in [0.25, 0.3) is 0 Å². The van der Waals surface area contributed by atoms with E-state index in [0.717, 1.165) is 17.7 Å². The minimum absolute atomic E-state index is 0.166. The molecule has 0 fully saturated rings. The number of rotatable bonds is 2. The van der Waals surface area contributed by atoms with E-state index in [9.17, 15) is 4.79 Å². The third-order valence-electron chi connectivity index (χ3n) is 5.03. The van der Waals surface area contributed by atoms with Crippen molar-refractivity contribution in [1.82, 2.24) is 0 Å². The molecule has 0 spiro atoms. The van der Waals surface area contributed by atoms with Crippen LogP contribution in [0.5, 0.6) is 0 Å². The maximum absolute atomic E-state index is 12.2. The zero-order valence-corrected chi connectivity index (χ0v) is 14.1. The Bertz CT molecular complexity index is 816. The molecule has 3 atom stereocenters. The van der Waals surface area contributed by atoms with E-state index in [1.807, 2.05) is 6.07 Å². The van der Waals surface area contributed by atoms with Crippen LogP contribution < -0.4 is 5.32 Å². The summed E-state index contributed by atoms with van der Waals surface area (Å²) in [5, 5.41) is 4.23. The smallest absolute Gasteiger partial charge is 0.338 e. The van der Waals surface area contributed by atoms with Gasteiger partial charge in [0.2, 0.25) is 0 Å². The highest BCUT2D eigenvalue weighted by Gasteiger charge is 2.40. The van der Waals surface area contributed by atoms with E-state index in [1.165, 1.54) is 12.7 Å². The second-order valence-corrected chi connectivity index (χ2v) is 6.67. The van der Waals surface area contributed by atoms with Gasteiger partial charge in [-0.2, -0.15) is 0 Å². The van der Waals surface area contributed by atoms with Crippen molar-refractivity contribution in [2.45, 2.75) is 18.4 Å². The maximum Gasteiger partial charge on any atom is 0.338 e. The summed E-state index contributed by atoms with van der Waals surface area (Å²) >= 11 is 6.47. The van der Waals surface area contributed by atoms with E-state index in [0.29, 0.717) is 16.5 Å². The molecular weight excluding hydrogens is 322 g/mol. The molecule has 1 aliphatic carbocycles. The number of benzene rings is 2. The molecule has 0 amide bonds. The average molecular weight is 340 g/mol. The van der Waals surface area contributed by atoms with Crippen LogP contribution in [-0.4, -0.2) is 13.1 Å². The third kappa shape index (κ3) is 2.31. The predicted molar refractivity (Wildman–Crippen MR) is 95.6 cm³/mol. The van der Waals surface area contributed by atoms with E-state index in [2.05, 4.69) is 41.7 Å². The van der Waals surface area contributed by atoms with Crippen molar-refractivity contribution in [2.24, 2.45) is 5.92 Å². The first-order valence-electron chi connectivity index (χ1n) is 8.09. The van der Waals surface area contributed by atoms with Gasteiger partial charge in [0.05, 0.1) is 29.4 Å². The number of carbonyl (C=O) groups is 1. The Hall–Kier alpha value is -2.26. The number of hydrogen-bond donors (Lipinski definition) is 1. The molecule has 0 saturated carbocycles. The summed E-state index contributed by atoms with van der Waals surface area (Å²) in [6.45, 7) is 0. The van der Waals surface area contributed by atoms with Gasteiger partial charge in [0, 0.05) is 5.92 Å². The van der Waals surface area contributed by atoms with Crippen molar-refractivity contribution in [1.29, 1.82) is 0 Å². The number of nitrogens with one attached hydrogen (secondary N) is 1. The van der Waals surface area contributed by atoms with Crippen molar-refractivity contribution < 1.29 is 9.53 Å². The van der Waals surface area contributed by atoms with Crippen LogP contribution in [0.15, 0.2) is 54.6 Å². The van der Waals surface area contributed by atoms with E-state index < -0.39 is 0 Å². The number of hydrogen-bond acceptors (Lipinski definition) is 3. The first-order chi connectivity index (χ1) is 11.7. The Balaban J connectivity index is 1.87. The molecule has 1 aliphatic heterocycles. The highest BCUT2D eigenvalue weighted by molar-refractivity contribution is 6.33. The average Bonchev–Trinajstić information content (AvgIpc) is 3.11. The van der Waals surface area contributed by atoms with E-state index in [-0.39, 0.29) is 17.9 Å². The SMILES string of the molecule is COC(=O)c1ccc(Cl)c2c1[C@@H]1C=CC[C@H]1[C@@H](c1ccccc1)N2. The summed E-state index contributed by atoms with van der Waals surface area (Å²) in [6.07, 6.45) is 5.37. The molecule has 24 heavy (non-hydrogen) atoms. The lowest BCUT2D eigenvalue weighted by Crippen LogP contribution is -2.30. The fraction of sp³-hybridized carbons (Fsp3) is 0.250. The number of carbonyl (C=O) groups excluding carboxylic acids is 1. The van der Waals surface area contributed by atoms with Crippen LogP contribution in [0, 0.1) is 5.92 Å². The summed E-state index contributed by atoms with van der Waals surface area (Å²) in [5.74, 6) is 0.211. The van der Waals surface area contributed by atoms with Gasteiger partial charge in [-0.05, 0) is 35.6 Å². The van der Waals surface area contributed by atoms with Crippen LogP contribution in [0.1, 0.15) is 39.9 Å². The molecule has 2 aromatic carbocycles. The number of anilines is 1. The largest absolute Gasteiger partial charge is 0.465 e. The fourth-order valence-electron chi connectivity index (χ4n) is 3.95. The predicted octanol–water partition coefficient (Wildman–Crippen LogP) is 4.95. The number of esters is 1. The highest BCUT2D eigenvalue weighted by Crippen LogP contribution is 2.52. The molecule has 2 aliphatic rings. The van der Waals surface area contributed by atoms with E-state index >= 15 is 0 Å². The quantitative estimate of drug-likeness (QED) is 0.621. The van der Waals surface area contributed by atoms with Crippen LogP contribution in [0.2, 0.25) is 5.02 Å². The minimum Gasteiger partial charge on any atom is -0.465 e. The molecule has 4 rings (SSSR count). The van der Waals surface area contributed by atoms with Crippen molar-refractivity contribution >= 4 is 23.3 Å². The zero-order valence-electron chi connectivity index (χ0n) is 13.3. The van der Waals surface area contributed by atoms with Crippen LogP contribution in [-0.2, 0) is 4.74 Å². The van der Waals surface area contributed by atoms with Gasteiger partial charge in [-0.15, -0.1) is 0 Å². The standard InChI is InChI=1S/C20H18ClNO2/c1-24-20(23)15-10-11-16(21)19-17(15)13-8-5-9-14(13)18(22-19)12-6-3-2-4-7-12/h2-8,10-11,13-14,18,22H,9H2,1H3/t13-,14-,18-/m1/s1. The number of methoxy groups -OCH3 is 1. The molecule has 1 heterocycles. The maximum atomic E-state index is 12.2. The molecule has 0 unspecified atom stereocenters. The topological polar surface area (TPSA) is 38.3 Å². The van der Waals surface area contributed by atoms with Gasteiger partial charge in [0.15, 0.2) is 0 Å². The van der Waals surface area contributed by atoms with Gasteiger partial charge in [0.1, 0.15) is 0 Å². The normalized spacial score (nSPS) is 24.0. The third-order valence-corrected chi connectivity index (χ3v) is 5.35. The van der Waals surface area contributed by atoms with Crippen molar-refractivity contribution in [3.63, 3.8) is 0 Å². The lowest BCUT2D eigenvalue weighted by Gasteiger charge is -2.38. The Morgan fingerprint density at radius 1 is 1.21 bits per heavy atom. The first-order valence-corrected chi connectivity index (χ1v) is 8.47. The molecule has 4 heteroatoms. The Morgan fingerprint density at radius 2 is 2.00 bits per heavy atom. The number of allylic oxidation sites excluding steroid dienone is 2. The minimum atomic E-state index is -0.318. The summed E-state index contributed by atoms with van der Waals surface area (Å²) < 4.78 is 4.97. The molecule has 3 nitrogen and oxygen atoms in total. The fourth-order valence-corrected chi connectivity index (χ4v) is 4.17. The van der Waals surface area contributed by atoms with Crippen LogP contribution in [0.4, 0.5) is 5.69 Å².